The number of nitrogens with zero attached hydrogens (tertiary/aromatic N) is 2. The highest BCUT2D eigenvalue weighted by molar-refractivity contribution is 7.91. The SMILES string of the molecule is CN(C(=O)CC1CCN(C(=O)OC(C)(C)C)CC1)C1CCCC1S(C)(=O)=O. The first kappa shape index (κ1) is 22.0. The zero-order valence-electron chi connectivity index (χ0n) is 17.2. The number of rotatable bonds is 4. The van der Waals surface area contributed by atoms with Crippen molar-refractivity contribution in [2.45, 2.75) is 76.2 Å². The summed E-state index contributed by atoms with van der Waals surface area (Å²) in [5, 5.41) is -0.444. The van der Waals surface area contributed by atoms with Crippen molar-refractivity contribution in [2.24, 2.45) is 5.92 Å². The van der Waals surface area contributed by atoms with E-state index in [0.29, 0.717) is 25.9 Å². The van der Waals surface area contributed by atoms with Crippen molar-refractivity contribution in [3.05, 3.63) is 0 Å². The van der Waals surface area contributed by atoms with Gasteiger partial charge in [-0.15, -0.1) is 0 Å². The second-order valence-corrected chi connectivity index (χ2v) is 11.3. The topological polar surface area (TPSA) is 84.0 Å². The lowest BCUT2D eigenvalue weighted by atomic mass is 9.93. The van der Waals surface area contributed by atoms with Crippen LogP contribution in [0.25, 0.3) is 0 Å². The summed E-state index contributed by atoms with van der Waals surface area (Å²) in [5.41, 5.74) is -0.510. The number of sulfone groups is 1. The van der Waals surface area contributed by atoms with Gasteiger partial charge in [0.15, 0.2) is 9.84 Å². The first-order chi connectivity index (χ1) is 12.4. The van der Waals surface area contributed by atoms with Crippen molar-refractivity contribution in [2.75, 3.05) is 26.4 Å². The van der Waals surface area contributed by atoms with E-state index < -0.39 is 20.7 Å². The van der Waals surface area contributed by atoms with Crippen molar-refractivity contribution in [1.29, 1.82) is 0 Å². The molecule has 27 heavy (non-hydrogen) atoms. The van der Waals surface area contributed by atoms with Crippen LogP contribution in [0.3, 0.4) is 0 Å². The number of carbonyl (C=O) groups excluding carboxylic acids is 2. The first-order valence-corrected chi connectivity index (χ1v) is 11.8. The van der Waals surface area contributed by atoms with Gasteiger partial charge in [-0.3, -0.25) is 4.79 Å². The van der Waals surface area contributed by atoms with Gasteiger partial charge in [0.2, 0.25) is 5.91 Å². The molecule has 2 unspecified atom stereocenters. The average Bonchev–Trinajstić information content (AvgIpc) is 3.03. The van der Waals surface area contributed by atoms with Crippen LogP contribution in [0.1, 0.15) is 59.3 Å². The quantitative estimate of drug-likeness (QED) is 0.721. The molecule has 7 nitrogen and oxygen atoms in total. The largest absolute Gasteiger partial charge is 0.444 e. The van der Waals surface area contributed by atoms with E-state index in [4.69, 9.17) is 4.74 Å². The van der Waals surface area contributed by atoms with E-state index in [1.807, 2.05) is 20.8 Å². The summed E-state index contributed by atoms with van der Waals surface area (Å²) in [6, 6.07) is -0.214. The molecule has 0 radical (unpaired) electrons. The van der Waals surface area contributed by atoms with Gasteiger partial charge in [-0.25, -0.2) is 13.2 Å². The summed E-state index contributed by atoms with van der Waals surface area (Å²) >= 11 is 0. The normalized spacial score (nSPS) is 24.7. The van der Waals surface area contributed by atoms with Crippen LogP contribution in [0.5, 0.6) is 0 Å². The number of ether oxygens (including phenoxy) is 1. The van der Waals surface area contributed by atoms with E-state index in [2.05, 4.69) is 0 Å². The lowest BCUT2D eigenvalue weighted by Gasteiger charge is -2.35. The molecule has 0 N–H and O–H groups in total. The number of hydrogen-bond acceptors (Lipinski definition) is 5. The van der Waals surface area contributed by atoms with Crippen LogP contribution in [-0.2, 0) is 19.4 Å². The molecule has 0 aromatic rings. The maximum Gasteiger partial charge on any atom is 0.410 e. The fourth-order valence-electron chi connectivity index (χ4n) is 4.07. The fourth-order valence-corrected chi connectivity index (χ4v) is 5.56. The molecule has 2 fully saturated rings. The van der Waals surface area contributed by atoms with Gasteiger partial charge in [0.25, 0.3) is 0 Å². The second kappa shape index (κ2) is 8.37. The summed E-state index contributed by atoms with van der Waals surface area (Å²) in [7, 11) is -1.42. The standard InChI is InChI=1S/C19H34N2O5S/c1-19(2,3)26-18(23)21-11-9-14(10-12-21)13-17(22)20(4)15-7-6-8-16(15)27(5,24)25/h14-16H,6-13H2,1-5H3. The molecule has 0 bridgehead atoms. The van der Waals surface area contributed by atoms with Crippen LogP contribution in [0.4, 0.5) is 4.79 Å². The molecule has 2 aliphatic rings. The molecule has 0 spiro atoms. The third kappa shape index (κ3) is 6.09. The zero-order valence-corrected chi connectivity index (χ0v) is 18.0. The minimum atomic E-state index is -3.15. The zero-order chi connectivity index (χ0) is 20.4. The van der Waals surface area contributed by atoms with Crippen molar-refractivity contribution in [3.63, 3.8) is 0 Å². The van der Waals surface area contributed by atoms with Gasteiger partial charge >= 0.3 is 6.09 Å². The monoisotopic (exact) mass is 402 g/mol. The number of hydrogen-bond donors (Lipinski definition) is 0. The molecule has 1 heterocycles. The molecular weight excluding hydrogens is 368 g/mol. The van der Waals surface area contributed by atoms with E-state index in [9.17, 15) is 18.0 Å². The predicted molar refractivity (Wildman–Crippen MR) is 104 cm³/mol. The Labute approximate surface area is 163 Å². The summed E-state index contributed by atoms with van der Waals surface area (Å²) in [6.45, 7) is 6.72. The highest BCUT2D eigenvalue weighted by Gasteiger charge is 2.39. The molecule has 1 saturated heterocycles. The first-order valence-electron chi connectivity index (χ1n) is 9.81. The van der Waals surface area contributed by atoms with Gasteiger partial charge in [0, 0.05) is 38.9 Å². The molecule has 8 heteroatoms. The maximum absolute atomic E-state index is 12.7. The van der Waals surface area contributed by atoms with Crippen molar-refractivity contribution in [1.82, 2.24) is 9.80 Å². The molecule has 156 valence electrons. The van der Waals surface area contributed by atoms with Gasteiger partial charge in [0.05, 0.1) is 5.25 Å². The molecule has 1 aliphatic carbocycles. The van der Waals surface area contributed by atoms with Gasteiger partial charge in [-0.2, -0.15) is 0 Å². The highest BCUT2D eigenvalue weighted by Crippen LogP contribution is 2.30. The second-order valence-electron chi connectivity index (χ2n) is 8.99. The van der Waals surface area contributed by atoms with Crippen molar-refractivity contribution >= 4 is 21.8 Å². The number of amides is 2. The van der Waals surface area contributed by atoms with E-state index in [0.717, 1.165) is 25.7 Å². The molecule has 2 amide bonds. The van der Waals surface area contributed by atoms with E-state index >= 15 is 0 Å². The minimum Gasteiger partial charge on any atom is -0.444 e. The lowest BCUT2D eigenvalue weighted by molar-refractivity contribution is -0.133. The van der Waals surface area contributed by atoms with Gasteiger partial charge in [-0.1, -0.05) is 0 Å². The Hall–Kier alpha value is -1.31. The summed E-state index contributed by atoms with van der Waals surface area (Å²) < 4.78 is 29.3. The number of piperidine rings is 1. The van der Waals surface area contributed by atoms with Crippen LogP contribution in [0.2, 0.25) is 0 Å². The third-order valence-electron chi connectivity index (χ3n) is 5.59. The molecule has 2 atom stereocenters. The molecule has 0 aromatic heterocycles. The van der Waals surface area contributed by atoms with Crippen LogP contribution < -0.4 is 0 Å². The summed E-state index contributed by atoms with van der Waals surface area (Å²) in [4.78, 5) is 28.2. The van der Waals surface area contributed by atoms with Gasteiger partial charge in [-0.05, 0) is 58.8 Å². The Balaban J connectivity index is 1.84. The predicted octanol–water partition coefficient (Wildman–Crippen LogP) is 2.45. The Morgan fingerprint density at radius 2 is 1.70 bits per heavy atom. The van der Waals surface area contributed by atoms with E-state index in [1.165, 1.54) is 6.26 Å². The Bertz CT molecular complexity index is 648. The third-order valence-corrected chi connectivity index (χ3v) is 7.24. The van der Waals surface area contributed by atoms with Crippen LogP contribution in [0.15, 0.2) is 0 Å². The molecular formula is C19H34N2O5S. The van der Waals surface area contributed by atoms with Crippen molar-refractivity contribution in [3.8, 4) is 0 Å². The number of likely N-dealkylation sites (tertiary alicyclic amines) is 1. The van der Waals surface area contributed by atoms with Crippen molar-refractivity contribution < 1.29 is 22.7 Å². The fraction of sp³-hybridized carbons (Fsp3) is 0.895. The van der Waals surface area contributed by atoms with Crippen LogP contribution >= 0.6 is 0 Å². The molecule has 1 saturated carbocycles. The Kier molecular flexibility index (Phi) is 6.81. The summed E-state index contributed by atoms with van der Waals surface area (Å²) in [6.07, 6.45) is 5.12. The highest BCUT2D eigenvalue weighted by atomic mass is 32.2. The summed E-state index contributed by atoms with van der Waals surface area (Å²) in [5.74, 6) is 0.225. The van der Waals surface area contributed by atoms with Gasteiger partial charge < -0.3 is 14.5 Å². The smallest absolute Gasteiger partial charge is 0.410 e. The van der Waals surface area contributed by atoms with E-state index in [1.54, 1.807) is 16.8 Å². The molecule has 0 aromatic carbocycles. The maximum atomic E-state index is 12.7. The lowest BCUT2D eigenvalue weighted by Crippen LogP contribution is -2.46. The van der Waals surface area contributed by atoms with Crippen LogP contribution in [0, 0.1) is 5.92 Å². The van der Waals surface area contributed by atoms with Crippen LogP contribution in [-0.4, -0.2) is 73.5 Å². The minimum absolute atomic E-state index is 0.00580. The average molecular weight is 403 g/mol. The number of carbonyl (C=O) groups is 2. The van der Waals surface area contributed by atoms with Gasteiger partial charge in [0.1, 0.15) is 5.60 Å². The van der Waals surface area contributed by atoms with E-state index in [-0.39, 0.29) is 24.0 Å². The Morgan fingerprint density at radius 3 is 2.22 bits per heavy atom. The Morgan fingerprint density at radius 1 is 1.11 bits per heavy atom. The molecule has 1 aliphatic heterocycles. The molecule has 2 rings (SSSR count).